The molecule has 0 fully saturated rings. The van der Waals surface area contributed by atoms with Gasteiger partial charge in [0.05, 0.1) is 10.4 Å². The van der Waals surface area contributed by atoms with Crippen LogP contribution in [0, 0.1) is 0 Å². The van der Waals surface area contributed by atoms with Gasteiger partial charge in [0.1, 0.15) is 5.39 Å². The molecule has 3 aromatic rings. The smallest absolute Gasteiger partial charge is 0.261 e. The first kappa shape index (κ1) is 14.0. The second-order valence-corrected chi connectivity index (χ2v) is 7.39. The molecule has 2 aromatic heterocycles. The maximum absolute atomic E-state index is 12.1. The van der Waals surface area contributed by atoms with Gasteiger partial charge in [0.15, 0.2) is 5.82 Å². The van der Waals surface area contributed by atoms with Crippen molar-refractivity contribution in [1.29, 1.82) is 0 Å². The Kier molecular flexibility index (Phi) is 2.84. The van der Waals surface area contributed by atoms with Crippen molar-refractivity contribution in [2.45, 2.75) is 11.4 Å². The van der Waals surface area contributed by atoms with Crippen molar-refractivity contribution in [3.05, 3.63) is 46.4 Å². The molecule has 3 N–H and O–H groups in total. The highest BCUT2D eigenvalue weighted by Gasteiger charge is 2.31. The Hall–Kier alpha value is -2.65. The Balaban J connectivity index is 1.76. The summed E-state index contributed by atoms with van der Waals surface area (Å²) in [6.07, 6.45) is 1.54. The molecule has 0 spiro atoms. The van der Waals surface area contributed by atoms with Crippen molar-refractivity contribution < 1.29 is 8.42 Å². The molecule has 0 amide bonds. The number of H-pyrrole nitrogens is 2. The number of aromatic amines is 2. The molecule has 0 unspecified atom stereocenters. The quantitative estimate of drug-likeness (QED) is 0.652. The average Bonchev–Trinajstić information content (AvgIpc) is 3.00. The zero-order valence-corrected chi connectivity index (χ0v) is 12.9. The van der Waals surface area contributed by atoms with E-state index in [9.17, 15) is 13.2 Å². The van der Waals surface area contributed by atoms with Crippen molar-refractivity contribution in [2.24, 2.45) is 0 Å². The first-order chi connectivity index (χ1) is 11.0. The maximum atomic E-state index is 12.1. The Morgan fingerprint density at radius 3 is 2.96 bits per heavy atom. The molecule has 1 aliphatic rings. The lowest BCUT2D eigenvalue weighted by Gasteiger charge is -2.05. The molecule has 23 heavy (non-hydrogen) atoms. The predicted molar refractivity (Wildman–Crippen MR) is 85.1 cm³/mol. The van der Waals surface area contributed by atoms with Gasteiger partial charge in [-0.1, -0.05) is 0 Å². The van der Waals surface area contributed by atoms with Gasteiger partial charge >= 0.3 is 0 Å². The van der Waals surface area contributed by atoms with E-state index >= 15 is 0 Å². The van der Waals surface area contributed by atoms with Crippen molar-refractivity contribution in [3.63, 3.8) is 0 Å². The Bertz CT molecular complexity index is 1080. The number of benzene rings is 1. The van der Waals surface area contributed by atoms with Gasteiger partial charge in [-0.25, -0.2) is 8.42 Å². The van der Waals surface area contributed by atoms with Crippen LogP contribution in [0.2, 0.25) is 0 Å². The number of nitrogens with one attached hydrogen (secondary N) is 3. The van der Waals surface area contributed by atoms with E-state index < -0.39 is 10.0 Å². The molecule has 3 heterocycles. The van der Waals surface area contributed by atoms with Crippen LogP contribution in [0.4, 0.5) is 11.5 Å². The molecular weight excluding hydrogens is 318 g/mol. The van der Waals surface area contributed by atoms with Crippen LogP contribution >= 0.6 is 0 Å². The minimum atomic E-state index is -3.38. The van der Waals surface area contributed by atoms with Crippen molar-refractivity contribution in [1.82, 2.24) is 19.5 Å². The van der Waals surface area contributed by atoms with Gasteiger partial charge < -0.3 is 10.3 Å². The third-order valence-corrected chi connectivity index (χ3v) is 5.79. The highest BCUT2D eigenvalue weighted by atomic mass is 32.2. The molecule has 0 bridgehead atoms. The van der Waals surface area contributed by atoms with Crippen LogP contribution in [0.3, 0.4) is 0 Å². The van der Waals surface area contributed by atoms with E-state index in [4.69, 9.17) is 0 Å². The largest absolute Gasteiger partial charge is 0.338 e. The molecule has 0 aliphatic carbocycles. The molecule has 118 valence electrons. The first-order valence-corrected chi connectivity index (χ1v) is 8.33. The molecule has 9 heteroatoms. The van der Waals surface area contributed by atoms with E-state index in [1.54, 1.807) is 37.5 Å². The number of fused-ring (bicyclic) bond motifs is 2. The van der Waals surface area contributed by atoms with Gasteiger partial charge in [-0.05, 0) is 29.8 Å². The summed E-state index contributed by atoms with van der Waals surface area (Å²) in [5.41, 5.74) is 1.76. The summed E-state index contributed by atoms with van der Waals surface area (Å²) >= 11 is 0. The number of rotatable bonds is 2. The minimum Gasteiger partial charge on any atom is -0.338 e. The Morgan fingerprint density at radius 2 is 2.13 bits per heavy atom. The maximum Gasteiger partial charge on any atom is 0.261 e. The topological polar surface area (TPSA) is 111 Å². The van der Waals surface area contributed by atoms with Crippen molar-refractivity contribution in [2.75, 3.05) is 12.4 Å². The highest BCUT2D eigenvalue weighted by molar-refractivity contribution is 7.89. The lowest BCUT2D eigenvalue weighted by Crippen LogP contribution is -2.18. The van der Waals surface area contributed by atoms with Gasteiger partial charge in [-0.2, -0.15) is 9.40 Å². The normalized spacial score (nSPS) is 16.6. The van der Waals surface area contributed by atoms with E-state index in [-0.39, 0.29) is 5.56 Å². The molecule has 0 saturated heterocycles. The number of sulfonamides is 1. The van der Waals surface area contributed by atoms with E-state index in [1.165, 1.54) is 4.31 Å². The summed E-state index contributed by atoms with van der Waals surface area (Å²) in [6.45, 7) is 0.328. The number of pyridine rings is 1. The van der Waals surface area contributed by atoms with E-state index in [2.05, 4.69) is 20.5 Å². The summed E-state index contributed by atoms with van der Waals surface area (Å²) in [5, 5.41) is 10.4. The molecule has 1 aromatic carbocycles. The van der Waals surface area contributed by atoms with Gasteiger partial charge in [0.2, 0.25) is 10.0 Å². The summed E-state index contributed by atoms with van der Waals surface area (Å²) in [6, 6.07) is 6.70. The fourth-order valence-corrected chi connectivity index (χ4v) is 4.07. The molecule has 0 saturated carbocycles. The second-order valence-electron chi connectivity index (χ2n) is 5.38. The lowest BCUT2D eigenvalue weighted by atomic mass is 10.2. The molecule has 1 aliphatic heterocycles. The Labute approximate surface area is 131 Å². The summed E-state index contributed by atoms with van der Waals surface area (Å²) in [5.74, 6) is 0.399. The van der Waals surface area contributed by atoms with Crippen LogP contribution in [0.25, 0.3) is 10.9 Å². The van der Waals surface area contributed by atoms with Crippen LogP contribution in [0.5, 0.6) is 0 Å². The average molecular weight is 331 g/mol. The minimum absolute atomic E-state index is 0.248. The van der Waals surface area contributed by atoms with Crippen LogP contribution in [-0.2, 0) is 16.6 Å². The predicted octanol–water partition coefficient (Wildman–Crippen LogP) is 1.13. The zero-order valence-electron chi connectivity index (χ0n) is 12.1. The number of anilines is 2. The van der Waals surface area contributed by atoms with Crippen LogP contribution in [0.1, 0.15) is 5.56 Å². The third kappa shape index (κ3) is 2.05. The number of hydrogen-bond acceptors (Lipinski definition) is 5. The number of hydrogen-bond donors (Lipinski definition) is 3. The summed E-state index contributed by atoms with van der Waals surface area (Å²) in [4.78, 5) is 14.8. The fourth-order valence-electron chi connectivity index (χ4n) is 2.73. The highest BCUT2D eigenvalue weighted by Crippen LogP contribution is 2.32. The van der Waals surface area contributed by atoms with Crippen molar-refractivity contribution >= 4 is 32.4 Å². The molecule has 8 nitrogen and oxygen atoms in total. The lowest BCUT2D eigenvalue weighted by molar-refractivity contribution is 0.488. The summed E-state index contributed by atoms with van der Waals surface area (Å²) < 4.78 is 25.5. The van der Waals surface area contributed by atoms with Gasteiger partial charge in [0.25, 0.3) is 5.56 Å². The van der Waals surface area contributed by atoms with Crippen LogP contribution in [-0.4, -0.2) is 35.0 Å². The van der Waals surface area contributed by atoms with Gasteiger partial charge in [-0.3, -0.25) is 9.89 Å². The third-order valence-electron chi connectivity index (χ3n) is 3.89. The number of nitrogens with zero attached hydrogens (tertiary/aromatic N) is 2. The van der Waals surface area contributed by atoms with E-state index in [1.807, 2.05) is 0 Å². The van der Waals surface area contributed by atoms with E-state index in [0.29, 0.717) is 39.4 Å². The Morgan fingerprint density at radius 1 is 1.30 bits per heavy atom. The zero-order chi connectivity index (χ0) is 16.2. The fraction of sp³-hybridized carbons (Fsp3) is 0.143. The molecule has 0 radical (unpaired) electrons. The first-order valence-electron chi connectivity index (χ1n) is 6.89. The standard InChI is InChI=1S/C14H13N5O3S/c1-19-7-8-6-9(2-3-11(8)23(19,21)22)16-13-12-10(17-18-13)4-5-15-14(12)20/h2-6H,7H2,1H3,(H,15,20)(H2,16,17,18). The van der Waals surface area contributed by atoms with Crippen LogP contribution < -0.4 is 10.9 Å². The van der Waals surface area contributed by atoms with Gasteiger partial charge in [-0.15, -0.1) is 0 Å². The van der Waals surface area contributed by atoms with Gasteiger partial charge in [0, 0.05) is 25.5 Å². The molecule has 4 rings (SSSR count). The summed E-state index contributed by atoms with van der Waals surface area (Å²) in [7, 11) is -1.83. The number of aromatic nitrogens is 3. The van der Waals surface area contributed by atoms with Crippen molar-refractivity contribution in [3.8, 4) is 0 Å². The second kappa shape index (κ2) is 4.67. The SMILES string of the molecule is CN1Cc2cc(Nc3n[nH]c4cc[nH]c(=O)c34)ccc2S1(=O)=O. The molecule has 0 atom stereocenters. The monoisotopic (exact) mass is 331 g/mol. The van der Waals surface area contributed by atoms with Crippen LogP contribution in [0.15, 0.2) is 40.2 Å². The molecular formula is C14H13N5O3S. The van der Waals surface area contributed by atoms with E-state index in [0.717, 1.165) is 0 Å².